The predicted octanol–water partition coefficient (Wildman–Crippen LogP) is 3.68. The third-order valence-corrected chi connectivity index (χ3v) is 5.81. The number of hydrogen-bond donors (Lipinski definition) is 1. The van der Waals surface area contributed by atoms with Gasteiger partial charge in [-0.15, -0.1) is 0 Å². The van der Waals surface area contributed by atoms with Crippen LogP contribution >= 0.6 is 11.5 Å². The van der Waals surface area contributed by atoms with Crippen molar-refractivity contribution in [3.05, 3.63) is 47.8 Å². The third-order valence-electron chi connectivity index (χ3n) is 5.04. The molecule has 1 aromatic heterocycles. The van der Waals surface area contributed by atoms with Gasteiger partial charge in [0.25, 0.3) is 0 Å². The maximum atomic E-state index is 14.6. The van der Waals surface area contributed by atoms with Gasteiger partial charge >= 0.3 is 5.97 Å². The summed E-state index contributed by atoms with van der Waals surface area (Å²) in [5.41, 5.74) is 7.74. The van der Waals surface area contributed by atoms with Crippen LogP contribution in [0.1, 0.15) is 30.1 Å². The lowest BCUT2D eigenvalue weighted by Gasteiger charge is -2.17. The van der Waals surface area contributed by atoms with Crippen molar-refractivity contribution in [2.24, 2.45) is 5.73 Å². The van der Waals surface area contributed by atoms with E-state index in [0.29, 0.717) is 22.7 Å². The number of carbonyl (C=O) groups excluding carboxylic acids is 2. The molecule has 0 aliphatic carbocycles. The van der Waals surface area contributed by atoms with Crippen LogP contribution in [0.25, 0.3) is 22.0 Å². The maximum Gasteiger partial charge on any atom is 0.328 e. The molecular formula is C22H21FN4O3S. The fourth-order valence-corrected chi connectivity index (χ4v) is 4.05. The number of nitrogens with zero attached hydrogens (tertiary/aromatic N) is 3. The fourth-order valence-electron chi connectivity index (χ4n) is 3.38. The Morgan fingerprint density at radius 2 is 1.94 bits per heavy atom. The highest BCUT2D eigenvalue weighted by atomic mass is 32.1. The summed E-state index contributed by atoms with van der Waals surface area (Å²) in [5, 5.41) is 0.450. The van der Waals surface area contributed by atoms with Crippen molar-refractivity contribution in [3.63, 3.8) is 0 Å². The van der Waals surface area contributed by atoms with Gasteiger partial charge in [0.1, 0.15) is 11.0 Å². The van der Waals surface area contributed by atoms with E-state index in [1.807, 2.05) is 24.3 Å². The largest absolute Gasteiger partial charge is 0.421 e. The summed E-state index contributed by atoms with van der Waals surface area (Å²) in [6, 6.07) is 9.67. The van der Waals surface area contributed by atoms with E-state index in [1.165, 1.54) is 31.5 Å². The van der Waals surface area contributed by atoms with Gasteiger partial charge in [0.05, 0.1) is 5.56 Å². The van der Waals surface area contributed by atoms with Crippen LogP contribution in [-0.2, 0) is 4.79 Å². The van der Waals surface area contributed by atoms with Gasteiger partial charge in [0.15, 0.2) is 23.7 Å². The van der Waals surface area contributed by atoms with Crippen LogP contribution in [0, 0.1) is 5.82 Å². The summed E-state index contributed by atoms with van der Waals surface area (Å²) in [5.74, 6) is -1.59. The Hall–Kier alpha value is -3.17. The molecule has 0 bridgehead atoms. The third kappa shape index (κ3) is 4.47. The lowest BCUT2D eigenvalue weighted by molar-refractivity contribution is -0.135. The van der Waals surface area contributed by atoms with Crippen LogP contribution in [0.4, 0.5) is 10.1 Å². The van der Waals surface area contributed by atoms with Gasteiger partial charge in [0.2, 0.25) is 0 Å². The molecule has 7 nitrogen and oxygen atoms in total. The summed E-state index contributed by atoms with van der Waals surface area (Å²) in [6.45, 7) is 3.55. The second-order valence-corrected chi connectivity index (χ2v) is 8.12. The molecule has 4 rings (SSSR count). The average molecular weight is 441 g/mol. The number of ether oxygens (including phenoxy) is 1. The standard InChI is InChI=1S/C22H21FN4O3S/c1-13(24)22(29)30-19-16(12-28)10-15(11-18(19)23)21-25-20(26-31-21)14-4-6-17(7-5-14)27-8-2-3-9-27/h4-7,10-13H,2-3,8-9,24H2,1H3/t13-/m0/s1. The Labute approximate surface area is 182 Å². The van der Waals surface area contributed by atoms with E-state index in [0.717, 1.165) is 36.3 Å². The van der Waals surface area contributed by atoms with E-state index in [1.54, 1.807) is 0 Å². The van der Waals surface area contributed by atoms with E-state index >= 15 is 0 Å². The Morgan fingerprint density at radius 3 is 2.58 bits per heavy atom. The number of rotatable bonds is 6. The van der Waals surface area contributed by atoms with E-state index < -0.39 is 23.6 Å². The molecule has 31 heavy (non-hydrogen) atoms. The molecule has 2 aromatic carbocycles. The first-order valence-electron chi connectivity index (χ1n) is 9.91. The van der Waals surface area contributed by atoms with Gasteiger partial charge in [-0.05, 0) is 67.7 Å². The summed E-state index contributed by atoms with van der Waals surface area (Å²) >= 11 is 1.10. The second kappa shape index (κ2) is 8.91. The van der Waals surface area contributed by atoms with Crippen LogP contribution in [0.15, 0.2) is 36.4 Å². The highest BCUT2D eigenvalue weighted by Gasteiger charge is 2.20. The van der Waals surface area contributed by atoms with Crippen molar-refractivity contribution < 1.29 is 18.7 Å². The summed E-state index contributed by atoms with van der Waals surface area (Å²) < 4.78 is 23.9. The molecule has 2 N–H and O–H groups in total. The molecular weight excluding hydrogens is 419 g/mol. The van der Waals surface area contributed by atoms with E-state index in [9.17, 15) is 14.0 Å². The number of carbonyl (C=O) groups is 2. The van der Waals surface area contributed by atoms with Gasteiger partial charge in [0, 0.05) is 29.9 Å². The first-order chi connectivity index (χ1) is 15.0. The summed E-state index contributed by atoms with van der Waals surface area (Å²) in [4.78, 5) is 30.0. The molecule has 0 radical (unpaired) electrons. The van der Waals surface area contributed by atoms with Crippen molar-refractivity contribution in [1.29, 1.82) is 0 Å². The molecule has 3 aromatic rings. The molecule has 9 heteroatoms. The van der Waals surface area contributed by atoms with Crippen molar-refractivity contribution in [3.8, 4) is 27.7 Å². The Morgan fingerprint density at radius 1 is 1.23 bits per heavy atom. The number of hydrogen-bond acceptors (Lipinski definition) is 8. The molecule has 1 saturated heterocycles. The van der Waals surface area contributed by atoms with Gasteiger partial charge in [-0.1, -0.05) is 0 Å². The van der Waals surface area contributed by atoms with E-state index in [-0.39, 0.29) is 5.56 Å². The minimum atomic E-state index is -0.943. The first-order valence-corrected chi connectivity index (χ1v) is 10.7. The van der Waals surface area contributed by atoms with E-state index in [2.05, 4.69) is 14.3 Å². The minimum Gasteiger partial charge on any atom is -0.421 e. The quantitative estimate of drug-likeness (QED) is 0.355. The van der Waals surface area contributed by atoms with Gasteiger partial charge in [-0.25, -0.2) is 14.2 Å². The molecule has 1 aliphatic heterocycles. The highest BCUT2D eigenvalue weighted by molar-refractivity contribution is 7.09. The van der Waals surface area contributed by atoms with Gasteiger partial charge in [-0.3, -0.25) is 4.79 Å². The Balaban J connectivity index is 1.59. The number of esters is 1. The fraction of sp³-hybridized carbons (Fsp3) is 0.273. The second-order valence-electron chi connectivity index (χ2n) is 7.37. The lowest BCUT2D eigenvalue weighted by Crippen LogP contribution is -2.31. The number of halogens is 1. The monoisotopic (exact) mass is 440 g/mol. The normalized spacial score (nSPS) is 14.5. The molecule has 160 valence electrons. The number of nitrogens with two attached hydrogens (primary N) is 1. The van der Waals surface area contributed by atoms with Crippen LogP contribution in [0.5, 0.6) is 5.75 Å². The molecule has 0 unspecified atom stereocenters. The van der Waals surface area contributed by atoms with Crippen molar-refractivity contribution >= 4 is 29.5 Å². The van der Waals surface area contributed by atoms with Crippen LogP contribution < -0.4 is 15.4 Å². The number of benzene rings is 2. The zero-order valence-electron chi connectivity index (χ0n) is 16.9. The highest BCUT2D eigenvalue weighted by Crippen LogP contribution is 2.32. The Kier molecular flexibility index (Phi) is 6.06. The first kappa shape index (κ1) is 21.1. The molecule has 0 spiro atoms. The summed E-state index contributed by atoms with van der Waals surface area (Å²) in [7, 11) is 0. The van der Waals surface area contributed by atoms with Crippen LogP contribution in [0.2, 0.25) is 0 Å². The number of aromatic nitrogens is 2. The van der Waals surface area contributed by atoms with Crippen LogP contribution in [0.3, 0.4) is 0 Å². The molecule has 1 atom stereocenters. The summed E-state index contributed by atoms with van der Waals surface area (Å²) in [6.07, 6.45) is 2.85. The molecule has 1 aliphatic rings. The van der Waals surface area contributed by atoms with Gasteiger partial charge in [-0.2, -0.15) is 4.37 Å². The minimum absolute atomic E-state index is 0.101. The van der Waals surface area contributed by atoms with Crippen molar-refractivity contribution in [2.75, 3.05) is 18.0 Å². The average Bonchev–Trinajstić information content (AvgIpc) is 3.47. The van der Waals surface area contributed by atoms with Gasteiger partial charge < -0.3 is 15.4 Å². The zero-order valence-corrected chi connectivity index (χ0v) is 17.7. The molecule has 2 heterocycles. The smallest absolute Gasteiger partial charge is 0.328 e. The number of aldehydes is 1. The SMILES string of the molecule is C[C@H](N)C(=O)Oc1c(F)cc(-c2nc(-c3ccc(N4CCCC4)cc3)ns2)cc1C=O. The predicted molar refractivity (Wildman–Crippen MR) is 117 cm³/mol. The zero-order chi connectivity index (χ0) is 22.0. The molecule has 1 fully saturated rings. The Bertz CT molecular complexity index is 1110. The van der Waals surface area contributed by atoms with Crippen LogP contribution in [-0.4, -0.2) is 40.7 Å². The topological polar surface area (TPSA) is 98.4 Å². The molecule has 0 amide bonds. The lowest BCUT2D eigenvalue weighted by atomic mass is 10.1. The van der Waals surface area contributed by atoms with E-state index in [4.69, 9.17) is 10.5 Å². The number of anilines is 1. The molecule has 0 saturated carbocycles. The van der Waals surface area contributed by atoms with Crippen molar-refractivity contribution in [1.82, 2.24) is 9.36 Å². The maximum absolute atomic E-state index is 14.6. The van der Waals surface area contributed by atoms with Crippen molar-refractivity contribution in [2.45, 2.75) is 25.8 Å².